The van der Waals surface area contributed by atoms with E-state index < -0.39 is 0 Å². The number of halogens is 1. The molecule has 0 aliphatic carbocycles. The highest BCUT2D eigenvalue weighted by atomic mass is 79.9. The smallest absolute Gasteiger partial charge is 0.275 e. The molecule has 8 aromatic rings. The van der Waals surface area contributed by atoms with Crippen LogP contribution in [0, 0.1) is 0 Å². The summed E-state index contributed by atoms with van der Waals surface area (Å²) in [5.74, 6) is 0. The number of hydrogen-bond acceptors (Lipinski definition) is 10. The molecule has 2 aromatic carbocycles. The topological polar surface area (TPSA) is 102 Å². The number of rotatable bonds is 5. The number of nitrogens with zero attached hydrogens (tertiary/aromatic N) is 8. The van der Waals surface area contributed by atoms with Crippen LogP contribution < -0.4 is 20.9 Å². The maximum absolute atomic E-state index is 13.0. The molecule has 0 spiro atoms. The maximum Gasteiger partial charge on any atom is 0.275 e. The maximum atomic E-state index is 13.0. The van der Waals surface area contributed by atoms with Crippen molar-refractivity contribution in [2.24, 2.45) is 0 Å². The van der Waals surface area contributed by atoms with Crippen molar-refractivity contribution < 1.29 is 0 Å². The van der Waals surface area contributed by atoms with Gasteiger partial charge in [-0.3, -0.25) is 18.7 Å². The molecular weight excluding hydrogens is 757 g/mol. The van der Waals surface area contributed by atoms with Crippen LogP contribution in [-0.4, -0.2) is 57.3 Å². The minimum absolute atomic E-state index is 0. The third-order valence-corrected chi connectivity index (χ3v) is 10.7. The van der Waals surface area contributed by atoms with Gasteiger partial charge in [0.2, 0.25) is 0 Å². The van der Waals surface area contributed by atoms with Crippen LogP contribution in [0.5, 0.6) is 0 Å². The second kappa shape index (κ2) is 16.0. The summed E-state index contributed by atoms with van der Waals surface area (Å²) in [7, 11) is 7.89. The summed E-state index contributed by atoms with van der Waals surface area (Å²) in [5.41, 5.74) is 5.87. The Labute approximate surface area is 319 Å². The largest absolute Gasteiger partial charge is 0.377 e. The van der Waals surface area contributed by atoms with E-state index in [2.05, 4.69) is 42.4 Å². The molecule has 0 amide bonds. The normalized spacial score (nSPS) is 10.6. The molecule has 52 heavy (non-hydrogen) atoms. The molecule has 8 rings (SSSR count). The van der Waals surface area contributed by atoms with Crippen LogP contribution >= 0.6 is 38.6 Å². The zero-order valence-corrected chi connectivity index (χ0v) is 30.2. The highest BCUT2D eigenvalue weighted by molar-refractivity contribution is 9.10. The number of fused-ring (bicyclic) bond motifs is 6. The second-order valence-electron chi connectivity index (χ2n) is 11.5. The molecule has 13 heteroatoms. The molecule has 0 aliphatic rings. The fourth-order valence-corrected chi connectivity index (χ4v) is 7.92. The first-order valence-corrected chi connectivity index (χ1v) is 17.5. The lowest BCUT2D eigenvalue weighted by molar-refractivity contribution is 0.967. The lowest BCUT2D eigenvalue weighted by atomic mass is 10.2. The fraction of sp³-hybridized carbons (Fsp3) is 0.179. The van der Waals surface area contributed by atoms with Crippen LogP contribution in [0.1, 0.15) is 27.8 Å². The van der Waals surface area contributed by atoms with Gasteiger partial charge in [-0.1, -0.05) is 63.0 Å². The average Bonchev–Trinajstić information content (AvgIpc) is 3.69. The van der Waals surface area contributed by atoms with Crippen molar-refractivity contribution in [3.8, 4) is 11.4 Å². The Hall–Kier alpha value is -5.24. The molecule has 6 aromatic heterocycles. The Morgan fingerprint density at radius 2 is 1.04 bits per heavy atom. The molecule has 268 valence electrons. The zero-order valence-electron chi connectivity index (χ0n) is 27.0. The molecule has 0 unspecified atom stereocenters. The van der Waals surface area contributed by atoms with Gasteiger partial charge in [0.05, 0.1) is 44.6 Å². The third-order valence-electron chi connectivity index (χ3n) is 8.00. The summed E-state index contributed by atoms with van der Waals surface area (Å²) < 4.78 is 5.35. The predicted octanol–water partition coefficient (Wildman–Crippen LogP) is 9.44. The van der Waals surface area contributed by atoms with Crippen LogP contribution in [0.15, 0.2) is 106 Å². The van der Waals surface area contributed by atoms with Crippen molar-refractivity contribution in [2.75, 3.05) is 38.0 Å². The molecule has 0 atom stereocenters. The Bertz CT molecular complexity index is 2640. The highest BCUT2D eigenvalue weighted by Crippen LogP contribution is 2.36. The third kappa shape index (κ3) is 6.99. The number of thiophene rings is 2. The van der Waals surface area contributed by atoms with E-state index in [1.807, 2.05) is 98.7 Å². The molecule has 0 saturated carbocycles. The number of aromatic nitrogens is 6. The van der Waals surface area contributed by atoms with E-state index in [0.717, 1.165) is 53.2 Å². The van der Waals surface area contributed by atoms with Gasteiger partial charge >= 0.3 is 0 Å². The van der Waals surface area contributed by atoms with Crippen molar-refractivity contribution in [3.05, 3.63) is 123 Å². The Morgan fingerprint density at radius 3 is 1.42 bits per heavy atom. The lowest BCUT2D eigenvalue weighted by Gasteiger charge is -2.13. The van der Waals surface area contributed by atoms with E-state index in [1.165, 1.54) is 22.7 Å². The first-order valence-electron chi connectivity index (χ1n) is 15.1. The van der Waals surface area contributed by atoms with Gasteiger partial charge in [0.1, 0.15) is 31.7 Å². The minimum Gasteiger partial charge on any atom is -0.377 e. The molecule has 0 radical (unpaired) electrons. The number of anilines is 2. The van der Waals surface area contributed by atoms with Gasteiger partial charge in [-0.05, 0) is 54.1 Å². The first-order chi connectivity index (χ1) is 23.7. The molecule has 0 bridgehead atoms. The van der Waals surface area contributed by atoms with Gasteiger partial charge < -0.3 is 9.80 Å². The van der Waals surface area contributed by atoms with Gasteiger partial charge in [0.15, 0.2) is 0 Å². The van der Waals surface area contributed by atoms with E-state index in [-0.39, 0.29) is 33.4 Å². The van der Waals surface area contributed by atoms with Crippen LogP contribution in [0.2, 0.25) is 0 Å². The van der Waals surface area contributed by atoms with Crippen LogP contribution in [0.25, 0.3) is 58.3 Å². The average molecular weight is 798 g/mol. The summed E-state index contributed by atoms with van der Waals surface area (Å²) in [6.07, 6.45) is 8.48. The SMILES string of the molecule is C.C.C.C=Cc1ccc(-n2cnc3c(sc4nccc(N(C)C)c43)c2=O)cc1.CN(C)c1ccnc2sc3c(=O)n(-c4ccc(Br)cc4)cnc3c12. The van der Waals surface area contributed by atoms with Gasteiger partial charge in [0, 0.05) is 45.1 Å². The Morgan fingerprint density at radius 1 is 0.635 bits per heavy atom. The van der Waals surface area contributed by atoms with Gasteiger partial charge in [-0.15, -0.1) is 22.7 Å². The summed E-state index contributed by atoms with van der Waals surface area (Å²) in [6.45, 7) is 3.75. The molecular formula is C39H41BrN8O2S2. The van der Waals surface area contributed by atoms with E-state index in [4.69, 9.17) is 0 Å². The predicted molar refractivity (Wildman–Crippen MR) is 228 cm³/mol. The summed E-state index contributed by atoms with van der Waals surface area (Å²) >= 11 is 6.18. The molecule has 10 nitrogen and oxygen atoms in total. The van der Waals surface area contributed by atoms with Gasteiger partial charge in [-0.2, -0.15) is 0 Å². The lowest BCUT2D eigenvalue weighted by Crippen LogP contribution is -2.17. The molecule has 0 saturated heterocycles. The second-order valence-corrected chi connectivity index (χ2v) is 14.4. The monoisotopic (exact) mass is 796 g/mol. The quantitative estimate of drug-likeness (QED) is 0.170. The van der Waals surface area contributed by atoms with Gasteiger partial charge in [0.25, 0.3) is 11.1 Å². The van der Waals surface area contributed by atoms with Crippen molar-refractivity contribution >= 4 is 96.9 Å². The van der Waals surface area contributed by atoms with Gasteiger partial charge in [-0.25, -0.2) is 19.9 Å². The Kier molecular flexibility index (Phi) is 12.1. The van der Waals surface area contributed by atoms with E-state index in [9.17, 15) is 9.59 Å². The minimum atomic E-state index is -0.0796. The summed E-state index contributed by atoms with van der Waals surface area (Å²) in [5, 5.41) is 1.86. The van der Waals surface area contributed by atoms with E-state index >= 15 is 0 Å². The zero-order chi connectivity index (χ0) is 34.4. The van der Waals surface area contributed by atoms with Crippen LogP contribution in [0.3, 0.4) is 0 Å². The first kappa shape index (κ1) is 39.5. The van der Waals surface area contributed by atoms with Crippen LogP contribution in [0.4, 0.5) is 11.4 Å². The van der Waals surface area contributed by atoms with E-state index in [0.29, 0.717) is 20.4 Å². The fourth-order valence-electron chi connectivity index (χ4n) is 5.56. The van der Waals surface area contributed by atoms with Crippen molar-refractivity contribution in [1.82, 2.24) is 29.1 Å². The van der Waals surface area contributed by atoms with Crippen molar-refractivity contribution in [1.29, 1.82) is 0 Å². The van der Waals surface area contributed by atoms with Crippen molar-refractivity contribution in [3.63, 3.8) is 0 Å². The molecule has 0 N–H and O–H groups in total. The highest BCUT2D eigenvalue weighted by Gasteiger charge is 2.18. The number of hydrogen-bond donors (Lipinski definition) is 0. The van der Waals surface area contributed by atoms with Crippen molar-refractivity contribution in [2.45, 2.75) is 22.3 Å². The Balaban J connectivity index is 0.000000220. The molecule has 6 heterocycles. The standard InChI is InChI=1S/C19H16N4OS.C17H13BrN4OS.3CH4/c1-4-12-5-7-13(8-6-12)23-11-21-16-15-14(22(2)3)9-10-20-18(15)25-17(16)19(23)24;1-21(2)12-7-8-19-16-13(12)14-15(24-16)17(23)22(9-20-14)11-5-3-10(18)4-6-11;;;/h4-11H,1H2,2-3H3;3-9H,1-2H3;3*1H4. The van der Waals surface area contributed by atoms with E-state index in [1.54, 1.807) is 40.3 Å². The molecule has 0 aliphatic heterocycles. The number of benzene rings is 2. The summed E-state index contributed by atoms with van der Waals surface area (Å²) in [6, 6.07) is 19.1. The molecule has 0 fully saturated rings. The van der Waals surface area contributed by atoms with Crippen LogP contribution in [-0.2, 0) is 0 Å². The summed E-state index contributed by atoms with van der Waals surface area (Å²) in [4.78, 5) is 49.6. The number of pyridine rings is 2.